The molecule has 2 aliphatic heterocycles. The van der Waals surface area contributed by atoms with E-state index in [0.29, 0.717) is 30.3 Å². The van der Waals surface area contributed by atoms with Crippen molar-refractivity contribution >= 4 is 5.91 Å². The number of likely N-dealkylation sites (N-methyl/N-ethyl adjacent to an activating group) is 1. The molecule has 3 heterocycles. The molecule has 0 N–H and O–H groups in total. The molecule has 0 saturated carbocycles. The number of amides is 1. The van der Waals surface area contributed by atoms with Gasteiger partial charge < -0.3 is 14.4 Å². The Kier molecular flexibility index (Phi) is 6.34. The van der Waals surface area contributed by atoms with E-state index in [0.717, 1.165) is 38.3 Å². The largest absolute Gasteiger partial charge is 0.337 e. The molecule has 2 aliphatic rings. The second-order valence-corrected chi connectivity index (χ2v) is 8.72. The van der Waals surface area contributed by atoms with Crippen LogP contribution in [0.25, 0.3) is 0 Å². The lowest BCUT2D eigenvalue weighted by Gasteiger charge is -2.37. The van der Waals surface area contributed by atoms with Gasteiger partial charge >= 0.3 is 0 Å². The van der Waals surface area contributed by atoms with E-state index < -0.39 is 0 Å². The van der Waals surface area contributed by atoms with E-state index >= 15 is 0 Å². The quantitative estimate of drug-likeness (QED) is 0.774. The number of fused-ring (bicyclic) bond motifs is 1. The SMILES string of the molecule is Cc1nccn1CCCC(=O)N1C[C@@H](c2ccccc2)[C@H]2[C@H]1CCCCCN2C. The molecule has 0 aliphatic carbocycles. The van der Waals surface area contributed by atoms with Crippen molar-refractivity contribution in [2.75, 3.05) is 20.1 Å². The molecule has 1 amide bonds. The zero-order valence-electron chi connectivity index (χ0n) is 17.8. The third kappa shape index (κ3) is 4.40. The number of aryl methyl sites for hydroxylation is 2. The Morgan fingerprint density at radius 3 is 2.76 bits per heavy atom. The molecule has 2 fully saturated rings. The lowest BCUT2D eigenvalue weighted by molar-refractivity contribution is -0.132. The molecule has 29 heavy (non-hydrogen) atoms. The molecule has 2 saturated heterocycles. The van der Waals surface area contributed by atoms with Gasteiger partial charge in [-0.1, -0.05) is 43.2 Å². The lowest BCUT2D eigenvalue weighted by Crippen LogP contribution is -2.47. The van der Waals surface area contributed by atoms with Crippen LogP contribution in [0.1, 0.15) is 55.8 Å². The van der Waals surface area contributed by atoms with Crippen molar-refractivity contribution in [2.24, 2.45) is 0 Å². The summed E-state index contributed by atoms with van der Waals surface area (Å²) in [5.41, 5.74) is 1.37. The Morgan fingerprint density at radius 1 is 1.17 bits per heavy atom. The third-order valence-electron chi connectivity index (χ3n) is 6.88. The summed E-state index contributed by atoms with van der Waals surface area (Å²) in [6, 6.07) is 11.6. The van der Waals surface area contributed by atoms with E-state index in [1.807, 2.05) is 19.3 Å². The number of benzene rings is 1. The van der Waals surface area contributed by atoms with Gasteiger partial charge in [0.05, 0.1) is 0 Å². The number of likely N-dealkylation sites (tertiary alicyclic amines) is 2. The molecular formula is C24H34N4O. The number of rotatable bonds is 5. The van der Waals surface area contributed by atoms with Gasteiger partial charge in [-0.05, 0) is 45.3 Å². The fourth-order valence-electron chi connectivity index (χ4n) is 5.35. The molecule has 3 atom stereocenters. The first-order valence-corrected chi connectivity index (χ1v) is 11.2. The average Bonchev–Trinajstić information content (AvgIpc) is 3.30. The number of aromatic nitrogens is 2. The topological polar surface area (TPSA) is 41.4 Å². The molecular weight excluding hydrogens is 360 g/mol. The molecule has 4 rings (SSSR count). The van der Waals surface area contributed by atoms with Crippen molar-refractivity contribution < 1.29 is 4.79 Å². The van der Waals surface area contributed by atoms with Gasteiger partial charge in [0.25, 0.3) is 0 Å². The Balaban J connectivity index is 1.49. The van der Waals surface area contributed by atoms with Gasteiger partial charge in [-0.25, -0.2) is 4.98 Å². The first-order valence-electron chi connectivity index (χ1n) is 11.2. The standard InChI is InChI=1S/C24H34N4O/c1-19-25-14-17-27(19)16-9-13-23(29)28-18-21(20-10-5-3-6-11-20)24-22(28)12-7-4-8-15-26(24)2/h3,5-6,10-11,14,17,21-22,24H,4,7-9,12-13,15-16,18H2,1-2H3/t21-,22+,24-/m0/s1. The van der Waals surface area contributed by atoms with Gasteiger partial charge in [0.2, 0.25) is 5.91 Å². The molecule has 0 spiro atoms. The van der Waals surface area contributed by atoms with Gasteiger partial charge in [-0.3, -0.25) is 4.79 Å². The second-order valence-electron chi connectivity index (χ2n) is 8.72. The van der Waals surface area contributed by atoms with Crippen LogP contribution in [-0.4, -0.2) is 57.5 Å². The number of imidazole rings is 1. The highest BCUT2D eigenvalue weighted by Crippen LogP contribution is 2.38. The van der Waals surface area contributed by atoms with Crippen molar-refractivity contribution in [3.05, 3.63) is 54.1 Å². The van der Waals surface area contributed by atoms with E-state index in [2.05, 4.69) is 56.7 Å². The normalized spacial score (nSPS) is 25.4. The molecule has 5 nitrogen and oxygen atoms in total. The van der Waals surface area contributed by atoms with Gasteiger partial charge in [0.15, 0.2) is 0 Å². The monoisotopic (exact) mass is 394 g/mol. The summed E-state index contributed by atoms with van der Waals surface area (Å²) < 4.78 is 2.14. The number of carbonyl (C=O) groups is 1. The Bertz CT molecular complexity index is 802. The summed E-state index contributed by atoms with van der Waals surface area (Å²) in [7, 11) is 2.26. The highest BCUT2D eigenvalue weighted by Gasteiger charge is 2.45. The third-order valence-corrected chi connectivity index (χ3v) is 6.88. The first-order chi connectivity index (χ1) is 14.1. The number of hydrogen-bond donors (Lipinski definition) is 0. The van der Waals surface area contributed by atoms with Crippen molar-refractivity contribution in [3.8, 4) is 0 Å². The lowest BCUT2D eigenvalue weighted by atomic mass is 9.87. The smallest absolute Gasteiger partial charge is 0.222 e. The van der Waals surface area contributed by atoms with E-state index in [1.54, 1.807) is 0 Å². The van der Waals surface area contributed by atoms with Crippen molar-refractivity contribution in [3.63, 3.8) is 0 Å². The number of nitrogens with zero attached hydrogens (tertiary/aromatic N) is 4. The van der Waals surface area contributed by atoms with Crippen LogP contribution in [-0.2, 0) is 11.3 Å². The highest BCUT2D eigenvalue weighted by molar-refractivity contribution is 5.77. The zero-order valence-corrected chi connectivity index (χ0v) is 17.8. The van der Waals surface area contributed by atoms with Gasteiger partial charge in [0, 0.05) is 49.9 Å². The molecule has 5 heteroatoms. The summed E-state index contributed by atoms with van der Waals surface area (Å²) in [6.45, 7) is 4.86. The summed E-state index contributed by atoms with van der Waals surface area (Å²) >= 11 is 0. The van der Waals surface area contributed by atoms with Crippen LogP contribution in [0.2, 0.25) is 0 Å². The Hall–Kier alpha value is -2.14. The Morgan fingerprint density at radius 2 is 2.00 bits per heavy atom. The molecule has 1 aromatic carbocycles. The van der Waals surface area contributed by atoms with E-state index in [1.165, 1.54) is 24.8 Å². The maximum atomic E-state index is 13.3. The van der Waals surface area contributed by atoms with Crippen LogP contribution in [0.4, 0.5) is 0 Å². The van der Waals surface area contributed by atoms with Crippen molar-refractivity contribution in [2.45, 2.75) is 70.0 Å². The van der Waals surface area contributed by atoms with E-state index in [9.17, 15) is 4.79 Å². The minimum atomic E-state index is 0.324. The molecule has 0 radical (unpaired) electrons. The van der Waals surface area contributed by atoms with Crippen LogP contribution in [0.15, 0.2) is 42.7 Å². The van der Waals surface area contributed by atoms with Crippen LogP contribution in [0.3, 0.4) is 0 Å². The fourth-order valence-corrected chi connectivity index (χ4v) is 5.35. The minimum absolute atomic E-state index is 0.324. The van der Waals surface area contributed by atoms with Gasteiger partial charge in [0.1, 0.15) is 5.82 Å². The van der Waals surface area contributed by atoms with Gasteiger partial charge in [-0.15, -0.1) is 0 Å². The maximum absolute atomic E-state index is 13.3. The fraction of sp³-hybridized carbons (Fsp3) is 0.583. The summed E-state index contributed by atoms with van der Waals surface area (Å²) in [4.78, 5) is 22.3. The molecule has 0 unspecified atom stereocenters. The first kappa shape index (κ1) is 20.1. The number of hydrogen-bond acceptors (Lipinski definition) is 3. The van der Waals surface area contributed by atoms with Crippen LogP contribution >= 0.6 is 0 Å². The predicted octanol–water partition coefficient (Wildman–Crippen LogP) is 3.84. The highest BCUT2D eigenvalue weighted by atomic mass is 16.2. The van der Waals surface area contributed by atoms with Crippen LogP contribution < -0.4 is 0 Å². The van der Waals surface area contributed by atoms with Crippen molar-refractivity contribution in [1.82, 2.24) is 19.4 Å². The molecule has 156 valence electrons. The number of carbonyl (C=O) groups excluding carboxylic acids is 1. The predicted molar refractivity (Wildman–Crippen MR) is 116 cm³/mol. The second kappa shape index (κ2) is 9.12. The van der Waals surface area contributed by atoms with Gasteiger partial charge in [-0.2, -0.15) is 0 Å². The van der Waals surface area contributed by atoms with Crippen LogP contribution in [0.5, 0.6) is 0 Å². The summed E-state index contributed by atoms with van der Waals surface area (Å²) in [5.74, 6) is 1.75. The average molecular weight is 395 g/mol. The molecule has 0 bridgehead atoms. The summed E-state index contributed by atoms with van der Waals surface area (Å²) in [6.07, 6.45) is 10.2. The minimum Gasteiger partial charge on any atom is -0.337 e. The van der Waals surface area contributed by atoms with Crippen molar-refractivity contribution in [1.29, 1.82) is 0 Å². The molecule has 1 aromatic heterocycles. The van der Waals surface area contributed by atoms with E-state index in [-0.39, 0.29) is 0 Å². The zero-order chi connectivity index (χ0) is 20.2. The van der Waals surface area contributed by atoms with Crippen LogP contribution in [0, 0.1) is 6.92 Å². The molecule has 2 aromatic rings. The Labute approximate surface area is 174 Å². The van der Waals surface area contributed by atoms with E-state index in [4.69, 9.17) is 0 Å². The maximum Gasteiger partial charge on any atom is 0.222 e. The summed E-state index contributed by atoms with van der Waals surface area (Å²) in [5, 5.41) is 0.